The third-order valence-corrected chi connectivity index (χ3v) is 8.14. The number of aromatic nitrogens is 2. The Morgan fingerprint density at radius 3 is 2.81 bits per heavy atom. The van der Waals surface area contributed by atoms with Crippen LogP contribution in [0, 0.1) is 5.92 Å². The fourth-order valence-electron chi connectivity index (χ4n) is 5.15. The molecule has 10 heteroatoms. The zero-order valence-corrected chi connectivity index (χ0v) is 20.7. The Kier molecular flexibility index (Phi) is 7.43. The molecule has 1 N–H and O–H groups in total. The standard InChI is InChI=1S/C26H29F3N4O2S/c27-26(28,29)16-35-25-32-22-15-33(14-11-23(22)36-25)13-10-17-6-8-18(9-7-17)31-24(34)20-3-1-5-21-19(20)4-2-12-30-21/h1-5,12,17-18H,6-11,13-16H2,(H,31,34)/t17-,18-. The second kappa shape index (κ2) is 10.7. The second-order valence-corrected chi connectivity index (χ2v) is 10.7. The molecule has 3 aromatic rings. The maximum atomic E-state index is 12.9. The minimum atomic E-state index is -4.35. The monoisotopic (exact) mass is 518 g/mol. The molecule has 1 aliphatic heterocycles. The first kappa shape index (κ1) is 25.0. The van der Waals surface area contributed by atoms with Crippen LogP contribution in [0.5, 0.6) is 5.19 Å². The van der Waals surface area contributed by atoms with E-state index < -0.39 is 12.8 Å². The van der Waals surface area contributed by atoms with Crippen LogP contribution in [-0.4, -0.2) is 52.7 Å². The molecule has 6 nitrogen and oxygen atoms in total. The van der Waals surface area contributed by atoms with E-state index in [1.165, 1.54) is 11.3 Å². The molecular formula is C26H29F3N4O2S. The highest BCUT2D eigenvalue weighted by Gasteiger charge is 2.30. The van der Waals surface area contributed by atoms with Gasteiger partial charge in [0.2, 0.25) is 0 Å². The molecule has 0 unspecified atom stereocenters. The summed E-state index contributed by atoms with van der Waals surface area (Å²) in [6.07, 6.45) is 3.34. The lowest BCUT2D eigenvalue weighted by Crippen LogP contribution is -2.38. The van der Waals surface area contributed by atoms with Gasteiger partial charge in [0.25, 0.3) is 11.1 Å². The molecule has 1 aromatic carbocycles. The van der Waals surface area contributed by atoms with Gasteiger partial charge < -0.3 is 10.1 Å². The number of carbonyl (C=O) groups is 1. The SMILES string of the molecule is O=C(N[C@H]1CC[C@H](CCN2CCc3sc(OCC(F)(F)F)nc3C2)CC1)c1cccc2ncccc12. The normalized spacial score (nSPS) is 20.8. The van der Waals surface area contributed by atoms with E-state index in [0.717, 1.165) is 73.1 Å². The molecule has 0 bridgehead atoms. The third-order valence-electron chi connectivity index (χ3n) is 7.07. The number of thiazole rings is 1. The van der Waals surface area contributed by atoms with Gasteiger partial charge in [-0.1, -0.05) is 23.5 Å². The van der Waals surface area contributed by atoms with Crippen molar-refractivity contribution in [2.75, 3.05) is 19.7 Å². The van der Waals surface area contributed by atoms with Gasteiger partial charge in [-0.25, -0.2) is 4.98 Å². The Balaban J connectivity index is 1.06. The van der Waals surface area contributed by atoms with Crippen molar-refractivity contribution in [3.8, 4) is 5.19 Å². The quantitative estimate of drug-likeness (QED) is 0.456. The molecule has 3 heterocycles. The van der Waals surface area contributed by atoms with Gasteiger partial charge in [-0.15, -0.1) is 0 Å². The molecule has 5 rings (SSSR count). The number of amides is 1. The zero-order chi connectivity index (χ0) is 25.1. The number of benzene rings is 1. The van der Waals surface area contributed by atoms with Gasteiger partial charge in [-0.05, 0) is 69.2 Å². The summed E-state index contributed by atoms with van der Waals surface area (Å²) in [6, 6.07) is 9.59. The van der Waals surface area contributed by atoms with Gasteiger partial charge in [0.1, 0.15) is 0 Å². The number of rotatable bonds is 7. The number of hydrogen-bond acceptors (Lipinski definition) is 6. The van der Waals surface area contributed by atoms with Crippen molar-refractivity contribution in [3.05, 3.63) is 52.7 Å². The average molecular weight is 519 g/mol. The second-order valence-electron chi connectivity index (χ2n) is 9.64. The molecule has 1 fully saturated rings. The average Bonchev–Trinajstić information content (AvgIpc) is 3.29. The molecule has 2 aromatic heterocycles. The Morgan fingerprint density at radius 1 is 1.17 bits per heavy atom. The number of hydrogen-bond donors (Lipinski definition) is 1. The number of nitrogens with one attached hydrogen (secondary N) is 1. The first-order valence-corrected chi connectivity index (χ1v) is 13.2. The Bertz CT molecular complexity index is 1200. The van der Waals surface area contributed by atoms with Crippen molar-refractivity contribution in [1.29, 1.82) is 0 Å². The van der Waals surface area contributed by atoms with Crippen molar-refractivity contribution < 1.29 is 22.7 Å². The molecule has 192 valence electrons. The number of carbonyl (C=O) groups excluding carboxylic acids is 1. The summed E-state index contributed by atoms with van der Waals surface area (Å²) >= 11 is 1.23. The number of ether oxygens (including phenoxy) is 1. The molecule has 0 atom stereocenters. The van der Waals surface area contributed by atoms with Gasteiger partial charge in [-0.2, -0.15) is 13.2 Å². The maximum Gasteiger partial charge on any atom is 0.422 e. The van der Waals surface area contributed by atoms with Gasteiger partial charge in [-0.3, -0.25) is 14.7 Å². The van der Waals surface area contributed by atoms with Crippen molar-refractivity contribution >= 4 is 28.1 Å². The van der Waals surface area contributed by atoms with Crippen LogP contribution in [0.25, 0.3) is 10.9 Å². The molecule has 1 aliphatic carbocycles. The Morgan fingerprint density at radius 2 is 2.00 bits per heavy atom. The van der Waals surface area contributed by atoms with E-state index in [-0.39, 0.29) is 17.1 Å². The fourth-order valence-corrected chi connectivity index (χ4v) is 6.06. The highest BCUT2D eigenvalue weighted by molar-refractivity contribution is 7.13. The van der Waals surface area contributed by atoms with Gasteiger partial charge >= 0.3 is 6.18 Å². The Hall–Kier alpha value is -2.72. The van der Waals surface area contributed by atoms with E-state index in [0.29, 0.717) is 18.0 Å². The molecule has 1 amide bonds. The van der Waals surface area contributed by atoms with E-state index >= 15 is 0 Å². The molecule has 36 heavy (non-hydrogen) atoms. The van der Waals surface area contributed by atoms with E-state index in [1.807, 2.05) is 30.3 Å². The molecule has 0 radical (unpaired) electrons. The molecule has 2 aliphatic rings. The summed E-state index contributed by atoms with van der Waals surface area (Å²) in [5.41, 5.74) is 2.33. The summed E-state index contributed by atoms with van der Waals surface area (Å²) < 4.78 is 42.0. The minimum absolute atomic E-state index is 0.0389. The van der Waals surface area contributed by atoms with E-state index in [2.05, 4.69) is 20.2 Å². The lowest BCUT2D eigenvalue weighted by molar-refractivity contribution is -0.153. The summed E-state index contributed by atoms with van der Waals surface area (Å²) in [7, 11) is 0. The lowest BCUT2D eigenvalue weighted by atomic mass is 9.84. The van der Waals surface area contributed by atoms with E-state index in [4.69, 9.17) is 4.74 Å². The summed E-state index contributed by atoms with van der Waals surface area (Å²) in [5.74, 6) is 0.574. The molecule has 0 saturated heterocycles. The molecular weight excluding hydrogens is 489 g/mol. The first-order valence-electron chi connectivity index (χ1n) is 12.4. The molecule has 1 saturated carbocycles. The van der Waals surface area contributed by atoms with Crippen molar-refractivity contribution in [2.45, 2.75) is 57.3 Å². The predicted octanol–water partition coefficient (Wildman–Crippen LogP) is 5.37. The first-order chi connectivity index (χ1) is 17.3. The van der Waals surface area contributed by atoms with Crippen LogP contribution in [0.1, 0.15) is 53.0 Å². The zero-order valence-electron chi connectivity index (χ0n) is 19.9. The number of nitrogens with zero attached hydrogens (tertiary/aromatic N) is 3. The number of fused-ring (bicyclic) bond motifs is 2. The van der Waals surface area contributed by atoms with Gasteiger partial charge in [0, 0.05) is 41.2 Å². The molecule has 0 spiro atoms. The van der Waals surface area contributed by atoms with Crippen LogP contribution in [0.3, 0.4) is 0 Å². The highest BCUT2D eigenvalue weighted by atomic mass is 32.1. The van der Waals surface area contributed by atoms with Crippen LogP contribution in [0.15, 0.2) is 36.5 Å². The van der Waals surface area contributed by atoms with Crippen LogP contribution in [-0.2, 0) is 13.0 Å². The number of alkyl halides is 3. The Labute approximate surface area is 211 Å². The lowest BCUT2D eigenvalue weighted by Gasteiger charge is -2.32. The summed E-state index contributed by atoms with van der Waals surface area (Å²) in [6.45, 7) is 1.19. The minimum Gasteiger partial charge on any atom is -0.460 e. The number of pyridine rings is 1. The maximum absolute atomic E-state index is 12.9. The van der Waals surface area contributed by atoms with E-state index in [9.17, 15) is 18.0 Å². The van der Waals surface area contributed by atoms with Crippen molar-refractivity contribution in [3.63, 3.8) is 0 Å². The topological polar surface area (TPSA) is 67.4 Å². The fraction of sp³-hybridized carbons (Fsp3) is 0.500. The summed E-state index contributed by atoms with van der Waals surface area (Å²) in [4.78, 5) is 24.9. The van der Waals surface area contributed by atoms with Crippen molar-refractivity contribution in [2.24, 2.45) is 5.92 Å². The van der Waals surface area contributed by atoms with Crippen LogP contribution in [0.4, 0.5) is 13.2 Å². The summed E-state index contributed by atoms with van der Waals surface area (Å²) in [5, 5.41) is 4.20. The van der Waals surface area contributed by atoms with Gasteiger partial charge in [0.05, 0.1) is 11.2 Å². The van der Waals surface area contributed by atoms with Gasteiger partial charge in [0.15, 0.2) is 6.61 Å². The third kappa shape index (κ3) is 6.15. The van der Waals surface area contributed by atoms with E-state index in [1.54, 1.807) is 6.20 Å². The number of halogens is 3. The largest absolute Gasteiger partial charge is 0.460 e. The van der Waals surface area contributed by atoms with Crippen LogP contribution in [0.2, 0.25) is 0 Å². The van der Waals surface area contributed by atoms with Crippen LogP contribution >= 0.6 is 11.3 Å². The highest BCUT2D eigenvalue weighted by Crippen LogP contribution is 2.32. The van der Waals surface area contributed by atoms with Crippen LogP contribution < -0.4 is 10.1 Å². The predicted molar refractivity (Wildman–Crippen MR) is 132 cm³/mol. The smallest absolute Gasteiger partial charge is 0.422 e. The van der Waals surface area contributed by atoms with Crippen molar-refractivity contribution in [1.82, 2.24) is 20.2 Å².